The Kier molecular flexibility index (Phi) is 7.33. The van der Waals surface area contributed by atoms with Crippen molar-refractivity contribution in [2.45, 2.75) is 51.8 Å². The number of carbonyl (C=O) groups is 2. The molecule has 1 saturated heterocycles. The van der Waals surface area contributed by atoms with Gasteiger partial charge in [0.1, 0.15) is 22.8 Å². The molecule has 2 aromatic rings. The van der Waals surface area contributed by atoms with E-state index in [9.17, 15) is 9.59 Å². The number of hydrogen-bond donors (Lipinski definition) is 1. The Balaban J connectivity index is 1.61. The van der Waals surface area contributed by atoms with Crippen LogP contribution in [0.5, 0.6) is 11.5 Å². The van der Waals surface area contributed by atoms with Crippen molar-refractivity contribution in [3.8, 4) is 11.5 Å². The zero-order valence-corrected chi connectivity index (χ0v) is 19.5. The van der Waals surface area contributed by atoms with Gasteiger partial charge < -0.3 is 29.0 Å². The second-order valence-corrected chi connectivity index (χ2v) is 8.86. The van der Waals surface area contributed by atoms with Crippen molar-refractivity contribution < 1.29 is 23.8 Å². The lowest BCUT2D eigenvalue weighted by Gasteiger charge is -2.34. The summed E-state index contributed by atoms with van der Waals surface area (Å²) in [6.45, 7) is 7.11. The number of likely N-dealkylation sites (tertiary alicyclic amines) is 1. The van der Waals surface area contributed by atoms with Crippen LogP contribution in [0.2, 0.25) is 0 Å². The second kappa shape index (κ2) is 9.97. The first-order chi connectivity index (χ1) is 15.2. The van der Waals surface area contributed by atoms with Gasteiger partial charge in [0.05, 0.1) is 14.2 Å². The number of methoxy groups -OCH3 is 2. The van der Waals surface area contributed by atoms with Gasteiger partial charge in [-0.3, -0.25) is 4.79 Å². The van der Waals surface area contributed by atoms with Crippen molar-refractivity contribution in [2.75, 3.05) is 27.3 Å². The van der Waals surface area contributed by atoms with Crippen LogP contribution in [0.25, 0.3) is 0 Å². The number of ether oxygens (including phenoxy) is 3. The Morgan fingerprint density at radius 2 is 1.81 bits per heavy atom. The molecule has 2 heterocycles. The zero-order valence-electron chi connectivity index (χ0n) is 19.5. The molecule has 1 aliphatic heterocycles. The molecule has 8 heteroatoms. The number of nitrogens with zero attached hydrogens (tertiary/aromatic N) is 2. The van der Waals surface area contributed by atoms with Crippen LogP contribution in [-0.4, -0.2) is 54.4 Å². The smallest absolute Gasteiger partial charge is 0.410 e. The van der Waals surface area contributed by atoms with E-state index in [2.05, 4.69) is 5.32 Å². The fourth-order valence-electron chi connectivity index (χ4n) is 3.84. The molecule has 0 aliphatic carbocycles. The summed E-state index contributed by atoms with van der Waals surface area (Å²) < 4.78 is 18.1. The number of piperidine rings is 1. The molecule has 1 aliphatic rings. The van der Waals surface area contributed by atoms with Crippen molar-refractivity contribution in [3.05, 3.63) is 47.8 Å². The third kappa shape index (κ3) is 5.75. The van der Waals surface area contributed by atoms with Gasteiger partial charge in [-0.15, -0.1) is 0 Å². The van der Waals surface area contributed by atoms with Crippen molar-refractivity contribution in [2.24, 2.45) is 0 Å². The predicted octanol–water partition coefficient (Wildman–Crippen LogP) is 4.01. The van der Waals surface area contributed by atoms with Gasteiger partial charge >= 0.3 is 6.09 Å². The summed E-state index contributed by atoms with van der Waals surface area (Å²) in [6, 6.07) is 9.33. The summed E-state index contributed by atoms with van der Waals surface area (Å²) in [5.41, 5.74) is 0.928. The molecule has 0 bridgehead atoms. The monoisotopic (exact) mass is 443 g/mol. The van der Waals surface area contributed by atoms with E-state index in [1.807, 2.05) is 61.9 Å². The highest BCUT2D eigenvalue weighted by Crippen LogP contribution is 2.27. The standard InChI is InChI=1S/C24H33N3O5/c1-24(2,3)32-23(29)26-13-10-18(11-14-26)27-12-6-7-20(27)22(28)25-16-17-15-19(30-4)8-9-21(17)31-5/h6-9,12,15,18H,10-11,13-14,16H2,1-5H3,(H,25,28). The molecular formula is C24H33N3O5. The lowest BCUT2D eigenvalue weighted by molar-refractivity contribution is 0.0187. The first kappa shape index (κ1) is 23.5. The number of rotatable bonds is 6. The lowest BCUT2D eigenvalue weighted by atomic mass is 10.0. The average Bonchev–Trinajstić information content (AvgIpc) is 3.26. The van der Waals surface area contributed by atoms with Gasteiger partial charge in [-0.25, -0.2) is 4.79 Å². The molecule has 0 atom stereocenters. The largest absolute Gasteiger partial charge is 0.497 e. The van der Waals surface area contributed by atoms with Crippen LogP contribution < -0.4 is 14.8 Å². The van der Waals surface area contributed by atoms with Crippen LogP contribution in [0.4, 0.5) is 4.79 Å². The summed E-state index contributed by atoms with van der Waals surface area (Å²) in [7, 11) is 3.20. The lowest BCUT2D eigenvalue weighted by Crippen LogP contribution is -2.42. The molecule has 0 unspecified atom stereocenters. The van der Waals surface area contributed by atoms with E-state index in [1.165, 1.54) is 0 Å². The van der Waals surface area contributed by atoms with Crippen molar-refractivity contribution in [1.29, 1.82) is 0 Å². The number of nitrogens with one attached hydrogen (secondary N) is 1. The maximum Gasteiger partial charge on any atom is 0.410 e. The second-order valence-electron chi connectivity index (χ2n) is 8.86. The van der Waals surface area contributed by atoms with Crippen LogP contribution in [0, 0.1) is 0 Å². The molecule has 1 fully saturated rings. The average molecular weight is 444 g/mol. The van der Waals surface area contributed by atoms with Gasteiger partial charge in [0, 0.05) is 37.4 Å². The molecule has 0 spiro atoms. The van der Waals surface area contributed by atoms with Crippen LogP contribution in [0.1, 0.15) is 55.7 Å². The Morgan fingerprint density at radius 3 is 2.44 bits per heavy atom. The van der Waals surface area contributed by atoms with Gasteiger partial charge in [0.2, 0.25) is 0 Å². The molecule has 174 valence electrons. The molecule has 32 heavy (non-hydrogen) atoms. The van der Waals surface area contributed by atoms with E-state index in [-0.39, 0.29) is 18.0 Å². The Hall–Kier alpha value is -3.16. The van der Waals surface area contributed by atoms with Crippen LogP contribution in [-0.2, 0) is 11.3 Å². The minimum absolute atomic E-state index is 0.149. The summed E-state index contributed by atoms with van der Waals surface area (Å²) in [5, 5.41) is 2.98. The van der Waals surface area contributed by atoms with Gasteiger partial charge in [-0.05, 0) is 63.9 Å². The topological polar surface area (TPSA) is 82.0 Å². The molecule has 3 rings (SSSR count). The van der Waals surface area contributed by atoms with Crippen molar-refractivity contribution >= 4 is 12.0 Å². The molecule has 1 aromatic carbocycles. The highest BCUT2D eigenvalue weighted by atomic mass is 16.6. The van der Waals surface area contributed by atoms with Gasteiger partial charge in [-0.2, -0.15) is 0 Å². The highest BCUT2D eigenvalue weighted by Gasteiger charge is 2.28. The van der Waals surface area contributed by atoms with Gasteiger partial charge in [-0.1, -0.05) is 0 Å². The Morgan fingerprint density at radius 1 is 1.09 bits per heavy atom. The van der Waals surface area contributed by atoms with Crippen molar-refractivity contribution in [1.82, 2.24) is 14.8 Å². The normalized spacial score (nSPS) is 14.7. The molecule has 1 aromatic heterocycles. The maximum atomic E-state index is 12.9. The first-order valence-corrected chi connectivity index (χ1v) is 10.9. The van der Waals surface area contributed by atoms with Crippen LogP contribution >= 0.6 is 0 Å². The number of benzene rings is 1. The zero-order chi connectivity index (χ0) is 23.3. The minimum Gasteiger partial charge on any atom is -0.497 e. The Labute approximate surface area is 189 Å². The van der Waals surface area contributed by atoms with Crippen molar-refractivity contribution in [3.63, 3.8) is 0 Å². The predicted molar refractivity (Wildman–Crippen MR) is 121 cm³/mol. The van der Waals surface area contributed by atoms with E-state index >= 15 is 0 Å². The fourth-order valence-corrected chi connectivity index (χ4v) is 3.84. The number of hydrogen-bond acceptors (Lipinski definition) is 5. The molecule has 8 nitrogen and oxygen atoms in total. The van der Waals surface area contributed by atoms with Gasteiger partial charge in [0.25, 0.3) is 5.91 Å². The molecule has 2 amide bonds. The minimum atomic E-state index is -0.509. The summed E-state index contributed by atoms with van der Waals surface area (Å²) in [6.07, 6.45) is 3.17. The van der Waals surface area contributed by atoms with Crippen LogP contribution in [0.15, 0.2) is 36.5 Å². The van der Waals surface area contributed by atoms with E-state index in [0.717, 1.165) is 18.4 Å². The third-order valence-electron chi connectivity index (χ3n) is 5.45. The molecule has 0 saturated carbocycles. The number of amides is 2. The maximum absolute atomic E-state index is 12.9. The number of carbonyl (C=O) groups excluding carboxylic acids is 2. The van der Waals surface area contributed by atoms with Gasteiger partial charge in [0.15, 0.2) is 0 Å². The summed E-state index contributed by atoms with van der Waals surface area (Å²) in [4.78, 5) is 27.0. The van der Waals surface area contributed by atoms with E-state index in [0.29, 0.717) is 36.8 Å². The summed E-state index contributed by atoms with van der Waals surface area (Å²) >= 11 is 0. The summed E-state index contributed by atoms with van der Waals surface area (Å²) in [5.74, 6) is 1.24. The highest BCUT2D eigenvalue weighted by molar-refractivity contribution is 5.92. The van der Waals surface area contributed by atoms with E-state index in [1.54, 1.807) is 19.1 Å². The molecular weight excluding hydrogens is 410 g/mol. The molecule has 1 N–H and O–H groups in total. The Bertz CT molecular complexity index is 939. The fraction of sp³-hybridized carbons (Fsp3) is 0.500. The van der Waals surface area contributed by atoms with Crippen LogP contribution in [0.3, 0.4) is 0 Å². The SMILES string of the molecule is COc1ccc(OC)c(CNC(=O)c2cccn2C2CCN(C(=O)OC(C)(C)C)CC2)c1. The first-order valence-electron chi connectivity index (χ1n) is 10.9. The number of aromatic nitrogens is 1. The quantitative estimate of drug-likeness (QED) is 0.730. The molecule has 0 radical (unpaired) electrons. The van der Waals surface area contributed by atoms with E-state index < -0.39 is 5.60 Å². The van der Waals surface area contributed by atoms with E-state index in [4.69, 9.17) is 14.2 Å². The third-order valence-corrected chi connectivity index (χ3v) is 5.45.